The Morgan fingerprint density at radius 1 is 1.11 bits per heavy atom. The number of carbonyl (C=O) groups is 2. The van der Waals surface area contributed by atoms with E-state index in [0.717, 1.165) is 22.4 Å². The van der Waals surface area contributed by atoms with E-state index < -0.39 is 6.04 Å². The van der Waals surface area contributed by atoms with Crippen LogP contribution in [0, 0.1) is 6.92 Å². The molecule has 5 heteroatoms. The first-order valence-corrected chi connectivity index (χ1v) is 9.74. The summed E-state index contributed by atoms with van der Waals surface area (Å²) in [4.78, 5) is 27.6. The molecule has 0 radical (unpaired) electrons. The number of methoxy groups -OCH3 is 1. The number of likely N-dealkylation sites (N-methyl/N-ethyl adjacent to an activating group) is 1. The van der Waals surface area contributed by atoms with Gasteiger partial charge in [-0.15, -0.1) is 0 Å². The Morgan fingerprint density at radius 3 is 2.50 bits per heavy atom. The first-order valence-electron chi connectivity index (χ1n) is 9.74. The van der Waals surface area contributed by atoms with Crippen LogP contribution in [-0.4, -0.2) is 36.4 Å². The fourth-order valence-corrected chi connectivity index (χ4v) is 3.25. The summed E-state index contributed by atoms with van der Waals surface area (Å²) in [6.45, 7) is 6.70. The third kappa shape index (κ3) is 5.59. The van der Waals surface area contributed by atoms with Crippen molar-refractivity contribution in [3.8, 4) is 5.75 Å². The average molecular weight is 383 g/mol. The summed E-state index contributed by atoms with van der Waals surface area (Å²) in [6.07, 6.45) is 0.821. The maximum absolute atomic E-state index is 13.2. The highest BCUT2D eigenvalue weighted by molar-refractivity contribution is 5.88. The molecule has 2 rings (SSSR count). The van der Waals surface area contributed by atoms with Crippen molar-refractivity contribution in [1.29, 1.82) is 0 Å². The van der Waals surface area contributed by atoms with Gasteiger partial charge in [-0.2, -0.15) is 0 Å². The van der Waals surface area contributed by atoms with Crippen molar-refractivity contribution in [3.05, 3.63) is 65.2 Å². The van der Waals surface area contributed by atoms with Gasteiger partial charge < -0.3 is 15.0 Å². The second-order valence-corrected chi connectivity index (χ2v) is 6.80. The normalized spacial score (nSPS) is 11.6. The first-order chi connectivity index (χ1) is 13.5. The highest BCUT2D eigenvalue weighted by atomic mass is 16.5. The Labute approximate surface area is 167 Å². The molecular weight excluding hydrogens is 352 g/mol. The minimum Gasteiger partial charge on any atom is -0.497 e. The average Bonchev–Trinajstić information content (AvgIpc) is 2.70. The van der Waals surface area contributed by atoms with Gasteiger partial charge in [-0.3, -0.25) is 9.59 Å². The molecule has 2 amide bonds. The summed E-state index contributed by atoms with van der Waals surface area (Å²) >= 11 is 0. The van der Waals surface area contributed by atoms with Crippen LogP contribution < -0.4 is 10.1 Å². The number of hydrogen-bond donors (Lipinski definition) is 1. The molecule has 28 heavy (non-hydrogen) atoms. The number of hydrogen-bond acceptors (Lipinski definition) is 3. The lowest BCUT2D eigenvalue weighted by atomic mass is 10.0. The van der Waals surface area contributed by atoms with E-state index in [4.69, 9.17) is 4.74 Å². The lowest BCUT2D eigenvalue weighted by Gasteiger charge is -2.31. The van der Waals surface area contributed by atoms with Crippen LogP contribution >= 0.6 is 0 Å². The van der Waals surface area contributed by atoms with E-state index >= 15 is 0 Å². The molecule has 2 aromatic carbocycles. The van der Waals surface area contributed by atoms with Gasteiger partial charge >= 0.3 is 0 Å². The van der Waals surface area contributed by atoms with Gasteiger partial charge in [0.2, 0.25) is 11.8 Å². The molecule has 150 valence electrons. The summed E-state index contributed by atoms with van der Waals surface area (Å²) < 4.78 is 5.30. The number of nitrogens with one attached hydrogen (secondary N) is 1. The van der Waals surface area contributed by atoms with Crippen molar-refractivity contribution in [2.24, 2.45) is 0 Å². The summed E-state index contributed by atoms with van der Waals surface area (Å²) in [5.41, 5.74) is 2.98. The molecule has 0 heterocycles. The minimum atomic E-state index is -0.511. The molecule has 0 saturated heterocycles. The largest absolute Gasteiger partial charge is 0.497 e. The molecule has 1 N–H and O–H groups in total. The number of ether oxygens (including phenoxy) is 1. The fraction of sp³-hybridized carbons (Fsp3) is 0.391. The number of aryl methyl sites for hydroxylation is 1. The van der Waals surface area contributed by atoms with Gasteiger partial charge in [-0.25, -0.2) is 0 Å². The molecule has 0 aliphatic heterocycles. The molecule has 0 aromatic heterocycles. The van der Waals surface area contributed by atoms with Crippen molar-refractivity contribution in [1.82, 2.24) is 10.2 Å². The monoisotopic (exact) mass is 382 g/mol. The van der Waals surface area contributed by atoms with Gasteiger partial charge in [0.15, 0.2) is 0 Å². The number of nitrogens with zero attached hydrogens (tertiary/aromatic N) is 1. The van der Waals surface area contributed by atoms with Crippen LogP contribution in [-0.2, 0) is 22.6 Å². The van der Waals surface area contributed by atoms with Crippen LogP contribution in [0.1, 0.15) is 37.0 Å². The Hall–Kier alpha value is -2.82. The predicted octanol–water partition coefficient (Wildman–Crippen LogP) is 3.49. The summed E-state index contributed by atoms with van der Waals surface area (Å²) in [7, 11) is 1.61. The van der Waals surface area contributed by atoms with E-state index in [-0.39, 0.29) is 18.2 Å². The Balaban J connectivity index is 2.32. The van der Waals surface area contributed by atoms with Gasteiger partial charge in [-0.1, -0.05) is 43.3 Å². The van der Waals surface area contributed by atoms with E-state index in [1.54, 1.807) is 12.0 Å². The molecule has 0 aliphatic rings. The second kappa shape index (κ2) is 10.5. The third-order valence-electron chi connectivity index (χ3n) is 4.83. The maximum Gasteiger partial charge on any atom is 0.242 e. The van der Waals surface area contributed by atoms with E-state index in [9.17, 15) is 9.59 Å². The highest BCUT2D eigenvalue weighted by Crippen LogP contribution is 2.19. The molecule has 1 atom stereocenters. The standard InChI is InChI=1S/C23H30N2O3/c1-5-21(23(27)24-6-2)25(16-18-11-9-13-20(14-18)28-4)22(26)15-19-12-8-7-10-17(19)3/h7-14,21H,5-6,15-16H2,1-4H3,(H,24,27)/t21-/m1/s1. The summed E-state index contributed by atoms with van der Waals surface area (Å²) in [5, 5.41) is 2.86. The maximum atomic E-state index is 13.2. The molecule has 0 saturated carbocycles. The highest BCUT2D eigenvalue weighted by Gasteiger charge is 2.28. The molecule has 0 aliphatic carbocycles. The van der Waals surface area contributed by atoms with Crippen LogP contribution in [0.2, 0.25) is 0 Å². The first kappa shape index (κ1) is 21.5. The lowest BCUT2D eigenvalue weighted by molar-refractivity contribution is -0.140. The van der Waals surface area contributed by atoms with E-state index in [1.165, 1.54) is 0 Å². The van der Waals surface area contributed by atoms with Crippen molar-refractivity contribution in [2.75, 3.05) is 13.7 Å². The van der Waals surface area contributed by atoms with Crippen LogP contribution in [0.15, 0.2) is 48.5 Å². The molecule has 5 nitrogen and oxygen atoms in total. The number of benzene rings is 2. The fourth-order valence-electron chi connectivity index (χ4n) is 3.25. The van der Waals surface area contributed by atoms with Crippen molar-refractivity contribution in [3.63, 3.8) is 0 Å². The van der Waals surface area contributed by atoms with Gasteiger partial charge in [0.1, 0.15) is 11.8 Å². The molecule has 0 fully saturated rings. The second-order valence-electron chi connectivity index (χ2n) is 6.80. The van der Waals surface area contributed by atoms with E-state index in [2.05, 4.69) is 5.32 Å². The zero-order chi connectivity index (χ0) is 20.5. The molecule has 0 spiro atoms. The Kier molecular flexibility index (Phi) is 8.05. The quantitative estimate of drug-likeness (QED) is 0.722. The van der Waals surface area contributed by atoms with Gasteiger partial charge in [0.05, 0.1) is 13.5 Å². The SMILES string of the molecule is CCNC(=O)[C@@H](CC)N(Cc1cccc(OC)c1)C(=O)Cc1ccccc1C. The van der Waals surface area contributed by atoms with Crippen molar-refractivity contribution >= 4 is 11.8 Å². The predicted molar refractivity (Wildman–Crippen MR) is 111 cm³/mol. The Bertz CT molecular complexity index is 804. The van der Waals surface area contributed by atoms with E-state index in [1.807, 2.05) is 69.3 Å². The lowest BCUT2D eigenvalue weighted by Crippen LogP contribution is -2.49. The van der Waals surface area contributed by atoms with Crippen LogP contribution in [0.25, 0.3) is 0 Å². The third-order valence-corrected chi connectivity index (χ3v) is 4.83. The number of carbonyl (C=O) groups excluding carboxylic acids is 2. The zero-order valence-electron chi connectivity index (χ0n) is 17.2. The van der Waals surface area contributed by atoms with Crippen LogP contribution in [0.5, 0.6) is 5.75 Å². The van der Waals surface area contributed by atoms with Gasteiger partial charge in [-0.05, 0) is 49.1 Å². The van der Waals surface area contributed by atoms with Crippen molar-refractivity contribution in [2.45, 2.75) is 46.2 Å². The molecule has 0 unspecified atom stereocenters. The van der Waals surface area contributed by atoms with Crippen molar-refractivity contribution < 1.29 is 14.3 Å². The molecule has 0 bridgehead atoms. The van der Waals surface area contributed by atoms with Gasteiger partial charge in [0.25, 0.3) is 0 Å². The zero-order valence-corrected chi connectivity index (χ0v) is 17.2. The van der Waals surface area contributed by atoms with Gasteiger partial charge in [0, 0.05) is 13.1 Å². The topological polar surface area (TPSA) is 58.6 Å². The Morgan fingerprint density at radius 2 is 1.86 bits per heavy atom. The molecule has 2 aromatic rings. The van der Waals surface area contributed by atoms with E-state index in [0.29, 0.717) is 19.5 Å². The minimum absolute atomic E-state index is 0.0600. The molecular formula is C23H30N2O3. The smallest absolute Gasteiger partial charge is 0.242 e. The number of rotatable bonds is 9. The van der Waals surface area contributed by atoms with Crippen LogP contribution in [0.4, 0.5) is 0 Å². The van der Waals surface area contributed by atoms with Crippen LogP contribution in [0.3, 0.4) is 0 Å². The number of amides is 2. The summed E-state index contributed by atoms with van der Waals surface area (Å²) in [5.74, 6) is 0.552. The summed E-state index contributed by atoms with van der Waals surface area (Å²) in [6, 6.07) is 14.9.